The van der Waals surface area contributed by atoms with Crippen LogP contribution in [-0.2, 0) is 14.3 Å². The highest BCUT2D eigenvalue weighted by Crippen LogP contribution is 2.20. The molecule has 0 aliphatic heterocycles. The van der Waals surface area contributed by atoms with E-state index in [0.29, 0.717) is 6.42 Å². The predicted molar refractivity (Wildman–Crippen MR) is 77.9 cm³/mol. The van der Waals surface area contributed by atoms with Gasteiger partial charge in [-0.1, -0.05) is 37.3 Å². The number of nitrogens with zero attached hydrogens (tertiary/aromatic N) is 1. The summed E-state index contributed by atoms with van der Waals surface area (Å²) in [6.45, 7) is 2.85. The molecule has 0 saturated carbocycles. The summed E-state index contributed by atoms with van der Waals surface area (Å²) in [6, 6.07) is 10.9. The third kappa shape index (κ3) is 4.46. The second kappa shape index (κ2) is 7.85. The first kappa shape index (κ1) is 16.4. The van der Waals surface area contributed by atoms with Crippen LogP contribution >= 0.6 is 0 Å². The number of carbonyl (C=O) groups excluding carboxylic acids is 2. The maximum atomic E-state index is 12.1. The molecule has 0 bridgehead atoms. The number of benzene rings is 1. The molecule has 0 aliphatic carbocycles. The minimum atomic E-state index is -0.589. The molecule has 0 radical (unpaired) electrons. The van der Waals surface area contributed by atoms with Gasteiger partial charge < -0.3 is 10.5 Å². The molecule has 0 aliphatic rings. The highest BCUT2D eigenvalue weighted by molar-refractivity contribution is 6.01. The van der Waals surface area contributed by atoms with Crippen LogP contribution in [0.15, 0.2) is 41.6 Å². The quantitative estimate of drug-likeness (QED) is 0.490. The lowest BCUT2D eigenvalue weighted by molar-refractivity contribution is -0.148. The third-order valence-corrected chi connectivity index (χ3v) is 3.03. The van der Waals surface area contributed by atoms with Crippen molar-refractivity contribution in [3.8, 4) is 6.07 Å². The Morgan fingerprint density at radius 3 is 2.43 bits per heavy atom. The fraction of sp³-hybridized carbons (Fsp3) is 0.312. The van der Waals surface area contributed by atoms with Crippen LogP contribution < -0.4 is 5.73 Å². The van der Waals surface area contributed by atoms with E-state index in [1.54, 1.807) is 6.07 Å². The lowest BCUT2D eigenvalue weighted by Crippen LogP contribution is -2.21. The van der Waals surface area contributed by atoms with E-state index < -0.39 is 24.3 Å². The van der Waals surface area contributed by atoms with Crippen LogP contribution in [0, 0.1) is 11.3 Å². The number of Topliss-reactive ketones (excluding diaryl/α,β-unsaturated/α-hetero) is 1. The molecule has 0 aromatic heterocycles. The van der Waals surface area contributed by atoms with Crippen LogP contribution in [0.4, 0.5) is 0 Å². The minimum Gasteiger partial charge on any atom is -0.457 e. The number of allylic oxidation sites excluding steroid dienone is 1. The average molecular weight is 286 g/mol. The Balaban J connectivity index is 2.71. The maximum Gasteiger partial charge on any atom is 0.313 e. The van der Waals surface area contributed by atoms with E-state index in [4.69, 9.17) is 15.7 Å². The van der Waals surface area contributed by atoms with Crippen LogP contribution in [0.3, 0.4) is 0 Å². The summed E-state index contributed by atoms with van der Waals surface area (Å²) in [6.07, 6.45) is 0.563. The van der Waals surface area contributed by atoms with Gasteiger partial charge in [0.05, 0.1) is 5.92 Å². The van der Waals surface area contributed by atoms with Gasteiger partial charge in [-0.15, -0.1) is 0 Å². The number of ketones is 1. The summed E-state index contributed by atoms with van der Waals surface area (Å²) in [5.41, 5.74) is 6.21. The molecule has 1 aromatic rings. The monoisotopic (exact) mass is 286 g/mol. The van der Waals surface area contributed by atoms with Crippen LogP contribution in [-0.4, -0.2) is 18.4 Å². The van der Waals surface area contributed by atoms with E-state index in [9.17, 15) is 9.59 Å². The van der Waals surface area contributed by atoms with Crippen molar-refractivity contribution >= 4 is 11.8 Å². The molecule has 0 unspecified atom stereocenters. The van der Waals surface area contributed by atoms with Gasteiger partial charge in [0.1, 0.15) is 11.6 Å². The number of esters is 1. The molecule has 110 valence electrons. The normalized spacial score (nSPS) is 12.8. The van der Waals surface area contributed by atoms with Gasteiger partial charge >= 0.3 is 5.97 Å². The van der Waals surface area contributed by atoms with Gasteiger partial charge in [0, 0.05) is 5.70 Å². The standard InChI is InChI=1S/C16H18N2O3/c1-3-13(12-7-5-4-6-8-12)16(20)21-10-15(19)14(9-17)11(2)18/h4-8,13H,3,10,18H2,1-2H3/b14-11-/t13-/m0/s1. The van der Waals surface area contributed by atoms with Gasteiger partial charge in [-0.05, 0) is 18.9 Å². The number of nitriles is 1. The molecule has 1 rings (SSSR count). The first-order valence-corrected chi connectivity index (χ1v) is 6.62. The molecule has 0 saturated heterocycles. The van der Waals surface area contributed by atoms with E-state index in [1.807, 2.05) is 37.3 Å². The van der Waals surface area contributed by atoms with Crippen molar-refractivity contribution in [3.05, 3.63) is 47.2 Å². The van der Waals surface area contributed by atoms with Crippen LogP contribution in [0.1, 0.15) is 31.7 Å². The number of carbonyl (C=O) groups is 2. The fourth-order valence-corrected chi connectivity index (χ4v) is 1.90. The molecule has 1 aromatic carbocycles. The molecule has 5 nitrogen and oxygen atoms in total. The number of nitrogens with two attached hydrogens (primary N) is 1. The number of hydrogen-bond donors (Lipinski definition) is 1. The number of ether oxygens (including phenoxy) is 1. The predicted octanol–water partition coefficient (Wildman–Crippen LogP) is 2.05. The molecule has 0 amide bonds. The Kier molecular flexibility index (Phi) is 6.15. The van der Waals surface area contributed by atoms with E-state index >= 15 is 0 Å². The second-order valence-corrected chi connectivity index (χ2v) is 4.57. The Bertz CT molecular complexity index is 581. The molecular formula is C16H18N2O3. The van der Waals surface area contributed by atoms with E-state index in [1.165, 1.54) is 6.92 Å². The minimum absolute atomic E-state index is 0.119. The smallest absolute Gasteiger partial charge is 0.313 e. The first-order chi connectivity index (χ1) is 10.0. The zero-order valence-electron chi connectivity index (χ0n) is 12.1. The second-order valence-electron chi connectivity index (χ2n) is 4.57. The number of hydrogen-bond acceptors (Lipinski definition) is 5. The average Bonchev–Trinajstić information content (AvgIpc) is 2.47. The zero-order chi connectivity index (χ0) is 15.8. The highest BCUT2D eigenvalue weighted by Gasteiger charge is 2.22. The Hall–Kier alpha value is -2.61. The van der Waals surface area contributed by atoms with Crippen molar-refractivity contribution in [2.24, 2.45) is 5.73 Å². The summed E-state index contributed by atoms with van der Waals surface area (Å²) in [5, 5.41) is 8.82. The summed E-state index contributed by atoms with van der Waals surface area (Å²) in [4.78, 5) is 23.8. The van der Waals surface area contributed by atoms with Gasteiger partial charge in [-0.3, -0.25) is 9.59 Å². The van der Waals surface area contributed by atoms with Crippen molar-refractivity contribution in [3.63, 3.8) is 0 Å². The Morgan fingerprint density at radius 1 is 1.33 bits per heavy atom. The van der Waals surface area contributed by atoms with Gasteiger partial charge in [0.15, 0.2) is 6.61 Å². The van der Waals surface area contributed by atoms with Crippen molar-refractivity contribution < 1.29 is 14.3 Å². The SMILES string of the molecule is CC[C@H](C(=O)OCC(=O)/C(C#N)=C(/C)N)c1ccccc1. The third-order valence-electron chi connectivity index (χ3n) is 3.03. The summed E-state index contributed by atoms with van der Waals surface area (Å²) in [5.74, 6) is -1.50. The summed E-state index contributed by atoms with van der Waals surface area (Å²) >= 11 is 0. The largest absolute Gasteiger partial charge is 0.457 e. The van der Waals surface area contributed by atoms with Gasteiger partial charge in [0.2, 0.25) is 5.78 Å². The summed E-state index contributed by atoms with van der Waals surface area (Å²) in [7, 11) is 0. The lowest BCUT2D eigenvalue weighted by Gasteiger charge is -2.14. The molecule has 2 N–H and O–H groups in total. The first-order valence-electron chi connectivity index (χ1n) is 6.62. The Labute approximate surface area is 124 Å². The summed E-state index contributed by atoms with van der Waals surface area (Å²) < 4.78 is 5.01. The maximum absolute atomic E-state index is 12.1. The van der Waals surface area contributed by atoms with E-state index in [-0.39, 0.29) is 11.3 Å². The highest BCUT2D eigenvalue weighted by atomic mass is 16.5. The molecule has 0 fully saturated rings. The molecule has 0 heterocycles. The van der Waals surface area contributed by atoms with Crippen LogP contribution in [0.2, 0.25) is 0 Å². The lowest BCUT2D eigenvalue weighted by atomic mass is 9.97. The molecule has 5 heteroatoms. The molecule has 1 atom stereocenters. The van der Waals surface area contributed by atoms with Gasteiger partial charge in [0.25, 0.3) is 0 Å². The van der Waals surface area contributed by atoms with Gasteiger partial charge in [-0.25, -0.2) is 0 Å². The van der Waals surface area contributed by atoms with Crippen molar-refractivity contribution in [1.82, 2.24) is 0 Å². The van der Waals surface area contributed by atoms with Crippen molar-refractivity contribution in [2.75, 3.05) is 6.61 Å². The van der Waals surface area contributed by atoms with Crippen LogP contribution in [0.5, 0.6) is 0 Å². The van der Waals surface area contributed by atoms with Crippen molar-refractivity contribution in [2.45, 2.75) is 26.2 Å². The van der Waals surface area contributed by atoms with Crippen LogP contribution in [0.25, 0.3) is 0 Å². The molecule has 21 heavy (non-hydrogen) atoms. The van der Waals surface area contributed by atoms with Crippen molar-refractivity contribution in [1.29, 1.82) is 5.26 Å². The molecule has 0 spiro atoms. The Morgan fingerprint density at radius 2 is 1.95 bits per heavy atom. The van der Waals surface area contributed by atoms with Gasteiger partial charge in [-0.2, -0.15) is 5.26 Å². The fourth-order valence-electron chi connectivity index (χ4n) is 1.90. The molecular weight excluding hydrogens is 268 g/mol. The topological polar surface area (TPSA) is 93.2 Å². The van der Waals surface area contributed by atoms with E-state index in [0.717, 1.165) is 5.56 Å². The zero-order valence-corrected chi connectivity index (χ0v) is 12.1. The number of rotatable bonds is 6. The van der Waals surface area contributed by atoms with E-state index in [2.05, 4.69) is 0 Å².